The highest BCUT2D eigenvalue weighted by molar-refractivity contribution is 7.13. The molecule has 1 amide bonds. The average molecular weight is 410 g/mol. The van der Waals surface area contributed by atoms with Gasteiger partial charge in [-0.25, -0.2) is 4.98 Å². The summed E-state index contributed by atoms with van der Waals surface area (Å²) in [5.41, 5.74) is 3.32. The Hall–Kier alpha value is -3.19. The predicted octanol–water partition coefficient (Wildman–Crippen LogP) is 4.24. The molecule has 7 heteroatoms. The van der Waals surface area contributed by atoms with E-state index in [0.717, 1.165) is 10.6 Å². The molecule has 1 heterocycles. The molecule has 6 nitrogen and oxygen atoms in total. The van der Waals surface area contributed by atoms with E-state index in [1.165, 1.54) is 30.9 Å². The highest BCUT2D eigenvalue weighted by Gasteiger charge is 2.20. The summed E-state index contributed by atoms with van der Waals surface area (Å²) in [7, 11) is 1.52. The summed E-state index contributed by atoms with van der Waals surface area (Å²) in [5.74, 6) is -0.402. The Morgan fingerprint density at radius 1 is 1.14 bits per heavy atom. The van der Waals surface area contributed by atoms with Gasteiger partial charge in [0.25, 0.3) is 5.91 Å². The lowest BCUT2D eigenvalue weighted by Crippen LogP contribution is -2.30. The van der Waals surface area contributed by atoms with Gasteiger partial charge >= 0.3 is 5.97 Å². The normalized spacial score (nSPS) is 11.6. The van der Waals surface area contributed by atoms with Gasteiger partial charge in [-0.05, 0) is 26.0 Å². The summed E-state index contributed by atoms with van der Waals surface area (Å²) in [4.78, 5) is 29.1. The highest BCUT2D eigenvalue weighted by atomic mass is 32.1. The fourth-order valence-corrected chi connectivity index (χ4v) is 3.47. The van der Waals surface area contributed by atoms with Crippen molar-refractivity contribution in [3.8, 4) is 16.3 Å². The van der Waals surface area contributed by atoms with Crippen LogP contribution in [0.15, 0.2) is 53.9 Å². The molecule has 0 aliphatic carbocycles. The van der Waals surface area contributed by atoms with E-state index in [0.29, 0.717) is 17.1 Å². The third-order valence-corrected chi connectivity index (χ3v) is 5.16. The van der Waals surface area contributed by atoms with E-state index in [2.05, 4.69) is 10.3 Å². The van der Waals surface area contributed by atoms with Crippen LogP contribution in [0, 0.1) is 6.92 Å². The van der Waals surface area contributed by atoms with Crippen molar-refractivity contribution in [2.45, 2.75) is 26.4 Å². The van der Waals surface area contributed by atoms with E-state index < -0.39 is 18.0 Å². The smallest absolute Gasteiger partial charge is 0.312 e. The summed E-state index contributed by atoms with van der Waals surface area (Å²) >= 11 is 1.47. The van der Waals surface area contributed by atoms with E-state index in [-0.39, 0.29) is 6.42 Å². The lowest BCUT2D eigenvalue weighted by atomic mass is 10.2. The molecule has 0 aliphatic rings. The predicted molar refractivity (Wildman–Crippen MR) is 113 cm³/mol. The summed E-state index contributed by atoms with van der Waals surface area (Å²) in [6.45, 7) is 3.56. The second-order valence-corrected chi connectivity index (χ2v) is 7.37. The molecule has 0 fully saturated rings. The molecule has 1 N–H and O–H groups in total. The maximum atomic E-state index is 12.3. The molecule has 29 heavy (non-hydrogen) atoms. The zero-order valence-electron chi connectivity index (χ0n) is 16.5. The molecule has 1 aromatic heterocycles. The molecule has 2 aromatic carbocycles. The van der Waals surface area contributed by atoms with Gasteiger partial charge in [0.2, 0.25) is 0 Å². The number of aromatic nitrogens is 1. The number of nitrogens with zero attached hydrogens (tertiary/aromatic N) is 1. The Morgan fingerprint density at radius 3 is 2.59 bits per heavy atom. The molecule has 150 valence electrons. The van der Waals surface area contributed by atoms with Crippen LogP contribution in [-0.2, 0) is 20.7 Å². The third kappa shape index (κ3) is 5.42. The SMILES string of the molecule is COc1ccccc1NC(=O)[C@H](C)OC(=O)Cc1csc(-c2ccc(C)cc2)n1. The number of carbonyl (C=O) groups is 2. The number of carbonyl (C=O) groups excluding carboxylic acids is 2. The fourth-order valence-electron chi connectivity index (χ4n) is 2.64. The molecule has 0 radical (unpaired) electrons. The minimum Gasteiger partial charge on any atom is -0.495 e. The van der Waals surface area contributed by atoms with Gasteiger partial charge < -0.3 is 14.8 Å². The third-order valence-electron chi connectivity index (χ3n) is 4.22. The van der Waals surface area contributed by atoms with Crippen LogP contribution in [-0.4, -0.2) is 30.1 Å². The summed E-state index contributed by atoms with van der Waals surface area (Å²) in [5, 5.41) is 5.38. The van der Waals surface area contributed by atoms with Crippen molar-refractivity contribution >= 4 is 28.9 Å². The van der Waals surface area contributed by atoms with Crippen molar-refractivity contribution in [2.75, 3.05) is 12.4 Å². The first kappa shape index (κ1) is 20.5. The molecule has 0 saturated carbocycles. The topological polar surface area (TPSA) is 77.5 Å². The first-order valence-electron chi connectivity index (χ1n) is 9.11. The largest absolute Gasteiger partial charge is 0.495 e. The number of aryl methyl sites for hydroxylation is 1. The molecule has 0 spiro atoms. The van der Waals surface area contributed by atoms with Gasteiger partial charge in [-0.2, -0.15) is 0 Å². The van der Waals surface area contributed by atoms with Crippen LogP contribution in [0.5, 0.6) is 5.75 Å². The maximum Gasteiger partial charge on any atom is 0.312 e. The van der Waals surface area contributed by atoms with Crippen molar-refractivity contribution in [1.29, 1.82) is 0 Å². The first-order valence-corrected chi connectivity index (χ1v) is 9.99. The molecule has 0 unspecified atom stereocenters. The minimum atomic E-state index is -0.942. The molecule has 3 aromatic rings. The van der Waals surface area contributed by atoms with Crippen LogP contribution < -0.4 is 10.1 Å². The number of ether oxygens (including phenoxy) is 2. The number of benzene rings is 2. The monoisotopic (exact) mass is 410 g/mol. The lowest BCUT2D eigenvalue weighted by Gasteiger charge is -2.14. The van der Waals surface area contributed by atoms with Gasteiger partial charge in [-0.15, -0.1) is 11.3 Å². The van der Waals surface area contributed by atoms with Crippen LogP contribution in [0.3, 0.4) is 0 Å². The standard InChI is InChI=1S/C22H22N2O4S/c1-14-8-10-16(11-9-14)22-23-17(13-29-22)12-20(25)28-15(2)21(26)24-18-6-4-5-7-19(18)27-3/h4-11,13,15H,12H2,1-3H3,(H,24,26)/t15-/m0/s1. The Bertz CT molecular complexity index is 998. The van der Waals surface area contributed by atoms with E-state index in [1.807, 2.05) is 36.6 Å². The number of thiazole rings is 1. The number of esters is 1. The highest BCUT2D eigenvalue weighted by Crippen LogP contribution is 2.25. The van der Waals surface area contributed by atoms with Gasteiger partial charge in [0.1, 0.15) is 10.8 Å². The molecular formula is C22H22N2O4S. The number of rotatable bonds is 7. The number of anilines is 1. The summed E-state index contributed by atoms with van der Waals surface area (Å²) < 4.78 is 10.5. The van der Waals surface area contributed by atoms with Crippen LogP contribution in [0.4, 0.5) is 5.69 Å². The first-order chi connectivity index (χ1) is 14.0. The Kier molecular flexibility index (Phi) is 6.61. The maximum absolute atomic E-state index is 12.3. The zero-order chi connectivity index (χ0) is 20.8. The fraction of sp³-hybridized carbons (Fsp3) is 0.227. The number of hydrogen-bond donors (Lipinski definition) is 1. The van der Waals surface area contributed by atoms with Crippen molar-refractivity contribution in [3.05, 3.63) is 65.2 Å². The van der Waals surface area contributed by atoms with E-state index in [4.69, 9.17) is 9.47 Å². The summed E-state index contributed by atoms with van der Waals surface area (Å²) in [6.07, 6.45) is -0.933. The molecular weight excluding hydrogens is 388 g/mol. The van der Waals surface area contributed by atoms with Crippen LogP contribution in [0.2, 0.25) is 0 Å². The molecule has 0 aliphatic heterocycles. The van der Waals surface area contributed by atoms with E-state index in [1.54, 1.807) is 24.3 Å². The lowest BCUT2D eigenvalue weighted by molar-refractivity contribution is -0.152. The number of para-hydroxylation sites is 2. The van der Waals surface area contributed by atoms with Gasteiger partial charge in [0, 0.05) is 10.9 Å². The second-order valence-electron chi connectivity index (χ2n) is 6.51. The van der Waals surface area contributed by atoms with Crippen molar-refractivity contribution in [2.24, 2.45) is 0 Å². The van der Waals surface area contributed by atoms with E-state index >= 15 is 0 Å². The number of hydrogen-bond acceptors (Lipinski definition) is 6. The van der Waals surface area contributed by atoms with Crippen LogP contribution >= 0.6 is 11.3 Å². The van der Waals surface area contributed by atoms with Crippen LogP contribution in [0.25, 0.3) is 10.6 Å². The molecule has 3 rings (SSSR count). The van der Waals surface area contributed by atoms with Gasteiger partial charge in [-0.1, -0.05) is 42.0 Å². The average Bonchev–Trinajstić information content (AvgIpc) is 3.17. The van der Waals surface area contributed by atoms with E-state index in [9.17, 15) is 9.59 Å². The minimum absolute atomic E-state index is 0.00857. The van der Waals surface area contributed by atoms with Gasteiger partial charge in [0.15, 0.2) is 6.10 Å². The molecule has 1 atom stereocenters. The Morgan fingerprint density at radius 2 is 1.86 bits per heavy atom. The zero-order valence-corrected chi connectivity index (χ0v) is 17.3. The molecule has 0 bridgehead atoms. The Labute approximate surface area is 173 Å². The van der Waals surface area contributed by atoms with Crippen molar-refractivity contribution in [3.63, 3.8) is 0 Å². The van der Waals surface area contributed by atoms with Gasteiger partial charge in [0.05, 0.1) is 24.9 Å². The quantitative estimate of drug-likeness (QED) is 0.590. The Balaban J connectivity index is 1.56. The molecule has 0 saturated heterocycles. The van der Waals surface area contributed by atoms with Crippen molar-refractivity contribution < 1.29 is 19.1 Å². The van der Waals surface area contributed by atoms with Crippen LogP contribution in [0.1, 0.15) is 18.2 Å². The number of amides is 1. The number of methoxy groups -OCH3 is 1. The van der Waals surface area contributed by atoms with Gasteiger partial charge in [-0.3, -0.25) is 9.59 Å². The summed E-state index contributed by atoms with van der Waals surface area (Å²) in [6, 6.07) is 15.1. The number of nitrogens with one attached hydrogen (secondary N) is 1. The second kappa shape index (κ2) is 9.34. The van der Waals surface area contributed by atoms with Crippen molar-refractivity contribution in [1.82, 2.24) is 4.98 Å².